The van der Waals surface area contributed by atoms with Gasteiger partial charge >= 0.3 is 6.01 Å². The molecule has 0 saturated heterocycles. The molecule has 0 saturated carbocycles. The summed E-state index contributed by atoms with van der Waals surface area (Å²) in [5, 5.41) is 12.3. The molecule has 0 fully saturated rings. The van der Waals surface area contributed by atoms with Crippen LogP contribution in [0.4, 0.5) is 11.9 Å². The van der Waals surface area contributed by atoms with E-state index in [4.69, 9.17) is 15.7 Å². The van der Waals surface area contributed by atoms with E-state index in [0.29, 0.717) is 12.4 Å². The summed E-state index contributed by atoms with van der Waals surface area (Å²) in [6.07, 6.45) is 1.34. The van der Waals surface area contributed by atoms with Crippen LogP contribution in [0.15, 0.2) is 0 Å². The average Bonchev–Trinajstić information content (AvgIpc) is 2.37. The van der Waals surface area contributed by atoms with E-state index in [1.165, 1.54) is 0 Å². The molecular formula is C12H24N6O2. The first kappa shape index (κ1) is 16.4. The van der Waals surface area contributed by atoms with Gasteiger partial charge in [0.05, 0.1) is 6.10 Å². The largest absolute Gasteiger partial charge is 0.461 e. The van der Waals surface area contributed by atoms with Crippen molar-refractivity contribution in [3.8, 4) is 6.01 Å². The number of nitrogens with two attached hydrogens (primary N) is 1. The van der Waals surface area contributed by atoms with Crippen LogP contribution in [-0.4, -0.2) is 38.3 Å². The maximum absolute atomic E-state index is 9.14. The summed E-state index contributed by atoms with van der Waals surface area (Å²) in [5.74, 6) is 5.93. The monoisotopic (exact) mass is 284 g/mol. The van der Waals surface area contributed by atoms with E-state index < -0.39 is 0 Å². The van der Waals surface area contributed by atoms with Crippen LogP contribution < -0.4 is 21.3 Å². The molecule has 0 amide bonds. The van der Waals surface area contributed by atoms with Gasteiger partial charge in [0.2, 0.25) is 11.9 Å². The molecule has 8 nitrogen and oxygen atoms in total. The summed E-state index contributed by atoms with van der Waals surface area (Å²) in [6.45, 7) is 7.87. The van der Waals surface area contributed by atoms with E-state index in [0.717, 1.165) is 6.42 Å². The van der Waals surface area contributed by atoms with E-state index in [1.54, 1.807) is 0 Å². The molecule has 1 aromatic heterocycles. The second kappa shape index (κ2) is 7.20. The van der Waals surface area contributed by atoms with E-state index in [-0.39, 0.29) is 30.2 Å². The molecule has 20 heavy (non-hydrogen) atoms. The summed E-state index contributed by atoms with van der Waals surface area (Å²) in [4.78, 5) is 12.4. The minimum Gasteiger partial charge on any atom is -0.461 e. The quantitative estimate of drug-likeness (QED) is 0.411. The molecule has 1 aromatic rings. The van der Waals surface area contributed by atoms with Gasteiger partial charge < -0.3 is 15.2 Å². The summed E-state index contributed by atoms with van der Waals surface area (Å²) in [5.41, 5.74) is 2.08. The number of hydrazine groups is 1. The van der Waals surface area contributed by atoms with Crippen LogP contribution >= 0.6 is 0 Å². The molecule has 0 spiro atoms. The van der Waals surface area contributed by atoms with Crippen LogP contribution in [0.5, 0.6) is 6.01 Å². The summed E-state index contributed by atoms with van der Waals surface area (Å²) in [7, 11) is 0. The topological polar surface area (TPSA) is 118 Å². The Morgan fingerprint density at radius 3 is 2.45 bits per heavy atom. The van der Waals surface area contributed by atoms with Gasteiger partial charge in [0.1, 0.15) is 0 Å². The molecule has 8 heteroatoms. The normalized spacial score (nSPS) is 13.9. The van der Waals surface area contributed by atoms with Crippen molar-refractivity contribution in [1.82, 2.24) is 15.0 Å². The minimum atomic E-state index is -0.308. The number of nitrogens with zero attached hydrogens (tertiary/aromatic N) is 3. The van der Waals surface area contributed by atoms with Gasteiger partial charge in [-0.25, -0.2) is 5.84 Å². The predicted octanol–water partition coefficient (Wildman–Crippen LogP) is 0.907. The molecular weight excluding hydrogens is 260 g/mol. The second-order valence-corrected chi connectivity index (χ2v) is 5.09. The highest BCUT2D eigenvalue weighted by molar-refractivity contribution is 5.37. The number of nitrogen functional groups attached to an aromatic ring is 1. The molecule has 5 N–H and O–H groups in total. The van der Waals surface area contributed by atoms with Crippen molar-refractivity contribution in [3.05, 3.63) is 0 Å². The Morgan fingerprint density at radius 2 is 1.95 bits per heavy atom. The third-order valence-corrected chi connectivity index (χ3v) is 2.94. The molecule has 0 aliphatic carbocycles. The van der Waals surface area contributed by atoms with Crippen LogP contribution in [0, 0.1) is 0 Å². The van der Waals surface area contributed by atoms with Gasteiger partial charge in [-0.15, -0.1) is 0 Å². The van der Waals surface area contributed by atoms with E-state index in [9.17, 15) is 0 Å². The average molecular weight is 284 g/mol. The first-order valence-corrected chi connectivity index (χ1v) is 6.71. The fourth-order valence-corrected chi connectivity index (χ4v) is 1.58. The van der Waals surface area contributed by atoms with Crippen LogP contribution in [0.1, 0.15) is 40.5 Å². The molecule has 1 atom stereocenters. The zero-order valence-corrected chi connectivity index (χ0v) is 12.5. The Morgan fingerprint density at radius 1 is 1.30 bits per heavy atom. The van der Waals surface area contributed by atoms with Gasteiger partial charge in [0.25, 0.3) is 0 Å². The van der Waals surface area contributed by atoms with Crippen molar-refractivity contribution < 1.29 is 9.84 Å². The number of hydrogen-bond donors (Lipinski definition) is 4. The highest BCUT2D eigenvalue weighted by Gasteiger charge is 2.23. The van der Waals surface area contributed by atoms with Crippen molar-refractivity contribution in [2.24, 2.45) is 5.84 Å². The fraction of sp³-hybridized carbons (Fsp3) is 0.750. The lowest BCUT2D eigenvalue weighted by atomic mass is 9.95. The predicted molar refractivity (Wildman–Crippen MR) is 77.4 cm³/mol. The molecule has 0 aliphatic rings. The van der Waals surface area contributed by atoms with Gasteiger partial charge in [0, 0.05) is 12.1 Å². The van der Waals surface area contributed by atoms with Crippen molar-refractivity contribution in [3.63, 3.8) is 0 Å². The lowest BCUT2D eigenvalue weighted by Gasteiger charge is -2.29. The van der Waals surface area contributed by atoms with Crippen molar-refractivity contribution in [2.45, 2.75) is 52.2 Å². The maximum Gasteiger partial charge on any atom is 0.323 e. The first-order valence-electron chi connectivity index (χ1n) is 6.71. The number of nitrogens with one attached hydrogen (secondary N) is 2. The zero-order valence-electron chi connectivity index (χ0n) is 12.5. The Balaban J connectivity index is 2.98. The van der Waals surface area contributed by atoms with Gasteiger partial charge in [-0.2, -0.15) is 15.0 Å². The number of ether oxygens (including phenoxy) is 1. The van der Waals surface area contributed by atoms with Gasteiger partial charge in [0.15, 0.2) is 0 Å². The van der Waals surface area contributed by atoms with E-state index >= 15 is 0 Å². The minimum absolute atomic E-state index is 0.0501. The Labute approximate surface area is 119 Å². The van der Waals surface area contributed by atoms with Gasteiger partial charge in [-0.1, -0.05) is 6.92 Å². The molecule has 1 unspecified atom stereocenters. The van der Waals surface area contributed by atoms with Crippen LogP contribution in [-0.2, 0) is 0 Å². The zero-order chi connectivity index (χ0) is 15.2. The molecule has 114 valence electrons. The summed E-state index contributed by atoms with van der Waals surface area (Å²) >= 11 is 0. The van der Waals surface area contributed by atoms with Crippen LogP contribution in [0.3, 0.4) is 0 Å². The van der Waals surface area contributed by atoms with Crippen LogP contribution in [0.25, 0.3) is 0 Å². The maximum atomic E-state index is 9.14. The van der Waals surface area contributed by atoms with Gasteiger partial charge in [-0.05, 0) is 33.6 Å². The lowest BCUT2D eigenvalue weighted by molar-refractivity contribution is 0.221. The number of anilines is 2. The number of aliphatic hydroxyl groups is 1. The van der Waals surface area contributed by atoms with Crippen LogP contribution in [0.2, 0.25) is 0 Å². The molecule has 0 aromatic carbocycles. The van der Waals surface area contributed by atoms with E-state index in [1.807, 2.05) is 27.7 Å². The SMILES string of the molecule is CCC(C)(CCO)Nc1nc(NN)nc(OC(C)C)n1. The van der Waals surface area contributed by atoms with Crippen molar-refractivity contribution in [1.29, 1.82) is 0 Å². The summed E-state index contributed by atoms with van der Waals surface area (Å²) in [6, 6.07) is 0.202. The third-order valence-electron chi connectivity index (χ3n) is 2.94. The highest BCUT2D eigenvalue weighted by atomic mass is 16.5. The molecule has 0 aliphatic heterocycles. The van der Waals surface area contributed by atoms with Crippen molar-refractivity contribution in [2.75, 3.05) is 17.3 Å². The Bertz CT molecular complexity index is 428. The fourth-order valence-electron chi connectivity index (χ4n) is 1.58. The second-order valence-electron chi connectivity index (χ2n) is 5.09. The van der Waals surface area contributed by atoms with E-state index in [2.05, 4.69) is 25.7 Å². The molecule has 0 radical (unpaired) electrons. The standard InChI is InChI=1S/C12H24N6O2/c1-5-12(4,6-7-19)17-9-14-10(18-13)16-11(15-9)20-8(2)3/h8,19H,5-7,13H2,1-4H3,(H2,14,15,16,17,18). The van der Waals surface area contributed by atoms with Crippen molar-refractivity contribution >= 4 is 11.9 Å². The lowest BCUT2D eigenvalue weighted by Crippen LogP contribution is -2.36. The number of aromatic nitrogens is 3. The van der Waals surface area contributed by atoms with Gasteiger partial charge in [-0.3, -0.25) is 5.43 Å². The Kier molecular flexibility index (Phi) is 5.90. The smallest absolute Gasteiger partial charge is 0.323 e. The number of aliphatic hydroxyl groups excluding tert-OH is 1. The molecule has 0 bridgehead atoms. The number of hydrogen-bond acceptors (Lipinski definition) is 8. The molecule has 1 rings (SSSR count). The third kappa shape index (κ3) is 4.78. The number of rotatable bonds is 8. The Hall–Kier alpha value is -1.67. The highest BCUT2D eigenvalue weighted by Crippen LogP contribution is 2.21. The first-order chi connectivity index (χ1) is 9.42. The molecule has 1 heterocycles. The summed E-state index contributed by atoms with van der Waals surface area (Å²) < 4.78 is 5.46.